The van der Waals surface area contributed by atoms with E-state index in [4.69, 9.17) is 27.9 Å². The maximum Gasteiger partial charge on any atom is 0.234 e. The smallest absolute Gasteiger partial charge is 0.234 e. The molecule has 0 fully saturated rings. The molecule has 0 atom stereocenters. The van der Waals surface area contributed by atoms with Gasteiger partial charge in [-0.05, 0) is 6.07 Å². The van der Waals surface area contributed by atoms with E-state index in [9.17, 15) is 4.79 Å². The van der Waals surface area contributed by atoms with Gasteiger partial charge in [-0.25, -0.2) is 4.98 Å². The van der Waals surface area contributed by atoms with Crippen molar-refractivity contribution in [2.24, 2.45) is 0 Å². The molecule has 0 aliphatic carbocycles. The average Bonchev–Trinajstić information content (AvgIpc) is 2.41. The number of carbonyl (C=O) groups is 1. The van der Waals surface area contributed by atoms with Crippen LogP contribution in [0.3, 0.4) is 0 Å². The molecule has 0 aliphatic rings. The molecule has 10 heteroatoms. The molecule has 0 saturated carbocycles. The van der Waals surface area contributed by atoms with Crippen LogP contribution >= 0.6 is 48.0 Å². The molecule has 0 spiro atoms. The number of carbonyl (C=O) groups excluding carboxylic acids is 1. The van der Waals surface area contributed by atoms with E-state index in [1.54, 1.807) is 13.2 Å². The van der Waals surface area contributed by atoms with Crippen molar-refractivity contribution in [1.82, 2.24) is 15.6 Å². The van der Waals surface area contributed by atoms with Gasteiger partial charge < -0.3 is 20.7 Å². The van der Waals surface area contributed by atoms with Crippen LogP contribution in [0.15, 0.2) is 12.3 Å². The topological polar surface area (TPSA) is 75.3 Å². The summed E-state index contributed by atoms with van der Waals surface area (Å²) < 4.78 is 4.86. The first-order valence-corrected chi connectivity index (χ1v) is 6.90. The van der Waals surface area contributed by atoms with Crippen LogP contribution in [0.1, 0.15) is 0 Å². The molecule has 0 aliphatic heterocycles. The zero-order chi connectivity index (χ0) is 14.8. The van der Waals surface area contributed by atoms with Crippen molar-refractivity contribution in [3.8, 4) is 0 Å². The fourth-order valence-electron chi connectivity index (χ4n) is 1.37. The second-order valence-electron chi connectivity index (χ2n) is 3.93. The number of pyridine rings is 1. The summed E-state index contributed by atoms with van der Waals surface area (Å²) >= 11 is 11.7. The first-order valence-electron chi connectivity index (χ1n) is 6.14. The van der Waals surface area contributed by atoms with Crippen molar-refractivity contribution in [2.45, 2.75) is 0 Å². The lowest BCUT2D eigenvalue weighted by molar-refractivity contribution is -0.120. The predicted octanol–water partition coefficient (Wildman–Crippen LogP) is 2.00. The third kappa shape index (κ3) is 10.3. The second kappa shape index (κ2) is 14.1. The summed E-state index contributed by atoms with van der Waals surface area (Å²) in [5.41, 5.74) is 0. The van der Waals surface area contributed by atoms with Crippen molar-refractivity contribution in [2.75, 3.05) is 45.2 Å². The van der Waals surface area contributed by atoms with Crippen LogP contribution in [-0.2, 0) is 9.53 Å². The van der Waals surface area contributed by atoms with Crippen LogP contribution in [0.5, 0.6) is 0 Å². The Morgan fingerprint density at radius 2 is 2.00 bits per heavy atom. The van der Waals surface area contributed by atoms with Gasteiger partial charge in [0.1, 0.15) is 5.82 Å². The summed E-state index contributed by atoms with van der Waals surface area (Å²) in [4.78, 5) is 15.5. The van der Waals surface area contributed by atoms with Gasteiger partial charge in [0.05, 0.1) is 23.2 Å². The SMILES string of the molecule is COCCNCC(=O)NCCNc1ncc(Cl)cc1Cl.Cl.Cl. The highest BCUT2D eigenvalue weighted by atomic mass is 35.5. The molecule has 1 rings (SSSR count). The standard InChI is InChI=1S/C12H18Cl2N4O2.2ClH/c1-20-5-4-15-8-11(19)16-2-3-17-12-10(14)6-9(13)7-18-12;;/h6-7,15H,2-5,8H2,1H3,(H,16,19)(H,17,18);2*1H. The molecular weight excluding hydrogens is 374 g/mol. The minimum atomic E-state index is -0.0712. The van der Waals surface area contributed by atoms with Gasteiger partial charge in [-0.3, -0.25) is 4.79 Å². The first-order chi connectivity index (χ1) is 9.63. The van der Waals surface area contributed by atoms with E-state index in [0.717, 1.165) is 0 Å². The molecule has 22 heavy (non-hydrogen) atoms. The minimum Gasteiger partial charge on any atom is -0.383 e. The quantitative estimate of drug-likeness (QED) is 0.559. The zero-order valence-corrected chi connectivity index (χ0v) is 15.2. The summed E-state index contributed by atoms with van der Waals surface area (Å²) in [6.45, 7) is 2.49. The van der Waals surface area contributed by atoms with Gasteiger partial charge in [0.15, 0.2) is 0 Å². The molecule has 0 saturated heterocycles. The number of nitrogens with one attached hydrogen (secondary N) is 3. The van der Waals surface area contributed by atoms with Gasteiger partial charge in [-0.2, -0.15) is 0 Å². The molecule has 1 aromatic rings. The summed E-state index contributed by atoms with van der Waals surface area (Å²) in [5.74, 6) is 0.474. The lowest BCUT2D eigenvalue weighted by Crippen LogP contribution is -2.37. The van der Waals surface area contributed by atoms with Crippen molar-refractivity contribution < 1.29 is 9.53 Å². The van der Waals surface area contributed by atoms with Crippen molar-refractivity contribution >= 4 is 59.7 Å². The first kappa shape index (κ1) is 23.8. The molecular formula is C12H20Cl4N4O2. The summed E-state index contributed by atoms with van der Waals surface area (Å²) in [6, 6.07) is 1.61. The Hall–Kier alpha value is -0.500. The number of aromatic nitrogens is 1. The van der Waals surface area contributed by atoms with E-state index < -0.39 is 0 Å². The predicted molar refractivity (Wildman–Crippen MR) is 95.0 cm³/mol. The molecule has 0 aromatic carbocycles. The summed E-state index contributed by atoms with van der Waals surface area (Å²) in [6.07, 6.45) is 1.51. The summed E-state index contributed by atoms with van der Waals surface area (Å²) in [5, 5.41) is 9.66. The Balaban J connectivity index is 0. The van der Waals surface area contributed by atoms with Crippen LogP contribution < -0.4 is 16.0 Å². The molecule has 0 bridgehead atoms. The molecule has 1 amide bonds. The van der Waals surface area contributed by atoms with Crippen LogP contribution in [0, 0.1) is 0 Å². The lowest BCUT2D eigenvalue weighted by atomic mass is 10.4. The third-order valence-electron chi connectivity index (χ3n) is 2.32. The maximum absolute atomic E-state index is 11.4. The maximum atomic E-state index is 11.4. The Morgan fingerprint density at radius 1 is 1.27 bits per heavy atom. The number of anilines is 1. The number of hydrogen-bond acceptors (Lipinski definition) is 5. The van der Waals surface area contributed by atoms with Gasteiger partial charge in [-0.15, -0.1) is 24.8 Å². The number of nitrogens with zero attached hydrogens (tertiary/aromatic N) is 1. The zero-order valence-electron chi connectivity index (χ0n) is 12.0. The molecule has 3 N–H and O–H groups in total. The van der Waals surface area contributed by atoms with Gasteiger partial charge >= 0.3 is 0 Å². The van der Waals surface area contributed by atoms with E-state index in [1.165, 1.54) is 6.20 Å². The largest absolute Gasteiger partial charge is 0.383 e. The fraction of sp³-hybridized carbons (Fsp3) is 0.500. The van der Waals surface area contributed by atoms with Gasteiger partial charge in [0, 0.05) is 32.9 Å². The van der Waals surface area contributed by atoms with Crippen LogP contribution in [0.25, 0.3) is 0 Å². The van der Waals surface area contributed by atoms with E-state index in [0.29, 0.717) is 42.1 Å². The van der Waals surface area contributed by atoms with E-state index in [2.05, 4.69) is 20.9 Å². The van der Waals surface area contributed by atoms with Gasteiger partial charge in [-0.1, -0.05) is 23.2 Å². The third-order valence-corrected chi connectivity index (χ3v) is 2.81. The summed E-state index contributed by atoms with van der Waals surface area (Å²) in [7, 11) is 1.61. The molecule has 0 unspecified atom stereocenters. The van der Waals surface area contributed by atoms with Crippen molar-refractivity contribution in [3.63, 3.8) is 0 Å². The number of rotatable bonds is 9. The van der Waals surface area contributed by atoms with E-state index in [1.807, 2.05) is 0 Å². The molecule has 1 aromatic heterocycles. The average molecular weight is 394 g/mol. The van der Waals surface area contributed by atoms with E-state index >= 15 is 0 Å². The Bertz CT molecular complexity index is 438. The molecule has 128 valence electrons. The lowest BCUT2D eigenvalue weighted by Gasteiger charge is -2.09. The van der Waals surface area contributed by atoms with Crippen molar-refractivity contribution in [3.05, 3.63) is 22.3 Å². The van der Waals surface area contributed by atoms with Crippen LogP contribution in [-0.4, -0.2) is 50.8 Å². The van der Waals surface area contributed by atoms with Crippen LogP contribution in [0.4, 0.5) is 5.82 Å². The number of halogens is 4. The molecule has 0 radical (unpaired) electrons. The number of hydrogen-bond donors (Lipinski definition) is 3. The number of methoxy groups -OCH3 is 1. The fourth-order valence-corrected chi connectivity index (χ4v) is 1.81. The highest BCUT2D eigenvalue weighted by molar-refractivity contribution is 6.35. The minimum absolute atomic E-state index is 0. The highest BCUT2D eigenvalue weighted by Crippen LogP contribution is 2.21. The highest BCUT2D eigenvalue weighted by Gasteiger charge is 2.03. The monoisotopic (exact) mass is 392 g/mol. The van der Waals surface area contributed by atoms with E-state index in [-0.39, 0.29) is 37.3 Å². The van der Waals surface area contributed by atoms with Crippen molar-refractivity contribution in [1.29, 1.82) is 0 Å². The normalized spacial score (nSPS) is 9.41. The number of amides is 1. The Labute approximate surface area is 152 Å². The second-order valence-corrected chi connectivity index (χ2v) is 4.77. The van der Waals surface area contributed by atoms with Gasteiger partial charge in [0.25, 0.3) is 0 Å². The Morgan fingerprint density at radius 3 is 2.64 bits per heavy atom. The molecule has 1 heterocycles. The number of ether oxygens (including phenoxy) is 1. The van der Waals surface area contributed by atoms with Gasteiger partial charge in [0.2, 0.25) is 5.91 Å². The Kier molecular flexibility index (Phi) is 15.2. The van der Waals surface area contributed by atoms with Crippen LogP contribution in [0.2, 0.25) is 10.0 Å². The molecule has 6 nitrogen and oxygen atoms in total.